The Bertz CT molecular complexity index is 530. The van der Waals surface area contributed by atoms with Crippen LogP contribution in [0.1, 0.15) is 41.0 Å². The average molecular weight is 362 g/mol. The highest BCUT2D eigenvalue weighted by Crippen LogP contribution is 2.56. The van der Waals surface area contributed by atoms with Crippen LogP contribution in [0, 0.1) is 5.41 Å². The highest BCUT2D eigenvalue weighted by Gasteiger charge is 2.85. The Morgan fingerprint density at radius 3 is 2.04 bits per heavy atom. The summed E-state index contributed by atoms with van der Waals surface area (Å²) in [6.45, 7) is 4.23. The van der Waals surface area contributed by atoms with Gasteiger partial charge in [0.25, 0.3) is 0 Å². The maximum Gasteiger partial charge on any atom is 0.462 e. The summed E-state index contributed by atoms with van der Waals surface area (Å²) < 4.78 is 81.7. The lowest BCUT2D eigenvalue weighted by molar-refractivity contribution is -0.409. The molecule has 0 N–H and O–H groups in total. The van der Waals surface area contributed by atoms with Crippen LogP contribution >= 0.6 is 0 Å². The largest absolute Gasteiger partial charge is 0.462 e. The Balaban J connectivity index is 3.31. The molecule has 1 aliphatic rings. The highest BCUT2D eigenvalue weighted by molar-refractivity contribution is 5.76. The zero-order valence-corrected chi connectivity index (χ0v) is 13.8. The van der Waals surface area contributed by atoms with Crippen LogP contribution in [0.15, 0.2) is 0 Å². The fraction of sp³-hybridized carbons (Fsp3) is 0.857. The third-order valence-corrected chi connectivity index (χ3v) is 4.04. The molecule has 0 aromatic carbocycles. The molecule has 10 heteroatoms. The van der Waals surface area contributed by atoms with Crippen molar-refractivity contribution in [3.8, 4) is 0 Å². The molecule has 5 nitrogen and oxygen atoms in total. The predicted octanol–water partition coefficient (Wildman–Crippen LogP) is 3.21. The van der Waals surface area contributed by atoms with Gasteiger partial charge in [-0.25, -0.2) is 0 Å². The Morgan fingerprint density at radius 1 is 1.17 bits per heavy atom. The molecule has 0 saturated carbocycles. The number of rotatable bonds is 4. The molecular formula is C14H19F5O5. The molecule has 1 fully saturated rings. The first-order valence-electron chi connectivity index (χ1n) is 7.08. The number of carbonyl (C=O) groups is 2. The van der Waals surface area contributed by atoms with Gasteiger partial charge in [-0.2, -0.15) is 22.0 Å². The summed E-state index contributed by atoms with van der Waals surface area (Å²) in [5.74, 6) is -12.1. The van der Waals surface area contributed by atoms with E-state index in [4.69, 9.17) is 4.74 Å². The molecule has 1 rings (SSSR count). The number of esters is 2. The van der Waals surface area contributed by atoms with Crippen LogP contribution in [0.2, 0.25) is 0 Å². The number of alkyl halides is 5. The molecule has 0 aromatic rings. The second-order valence-corrected chi connectivity index (χ2v) is 6.43. The smallest absolute Gasteiger partial charge is 0.450 e. The summed E-state index contributed by atoms with van der Waals surface area (Å²) in [7, 11) is 0. The molecule has 0 bridgehead atoms. The summed E-state index contributed by atoms with van der Waals surface area (Å²) in [4.78, 5) is 23.0. The predicted molar refractivity (Wildman–Crippen MR) is 70.0 cm³/mol. The van der Waals surface area contributed by atoms with E-state index >= 15 is 0 Å². The Morgan fingerprint density at radius 2 is 1.67 bits per heavy atom. The van der Waals surface area contributed by atoms with Crippen LogP contribution in [0.4, 0.5) is 22.0 Å². The van der Waals surface area contributed by atoms with Crippen molar-refractivity contribution in [2.45, 2.75) is 64.5 Å². The van der Waals surface area contributed by atoms with E-state index in [0.29, 0.717) is 13.8 Å². The molecule has 0 aromatic heterocycles. The summed E-state index contributed by atoms with van der Waals surface area (Å²) in [6, 6.07) is 0. The standard InChI is InChI=1S/C14H19F5O5/c1-6-10(3,4)9(21)24-11(5)7-22-13(12(11,15)16,14(17,18)19)23-8(2)20/h6-7H2,1-5H3. The maximum atomic E-state index is 14.6. The van der Waals surface area contributed by atoms with E-state index in [-0.39, 0.29) is 6.42 Å². The van der Waals surface area contributed by atoms with E-state index in [1.807, 2.05) is 0 Å². The number of hydrogen-bond donors (Lipinski definition) is 0. The van der Waals surface area contributed by atoms with Gasteiger partial charge in [-0.1, -0.05) is 6.92 Å². The van der Waals surface area contributed by atoms with Gasteiger partial charge < -0.3 is 14.2 Å². The van der Waals surface area contributed by atoms with Gasteiger partial charge in [0.05, 0.1) is 12.0 Å². The van der Waals surface area contributed by atoms with E-state index in [0.717, 1.165) is 0 Å². The van der Waals surface area contributed by atoms with Crippen LogP contribution in [0.3, 0.4) is 0 Å². The first-order valence-corrected chi connectivity index (χ1v) is 7.08. The van der Waals surface area contributed by atoms with Gasteiger partial charge in [0, 0.05) is 6.92 Å². The van der Waals surface area contributed by atoms with Crippen molar-refractivity contribution in [1.29, 1.82) is 0 Å². The highest BCUT2D eigenvalue weighted by atomic mass is 19.4. The van der Waals surface area contributed by atoms with E-state index in [9.17, 15) is 31.5 Å². The van der Waals surface area contributed by atoms with Gasteiger partial charge in [0.15, 0.2) is 0 Å². The fourth-order valence-corrected chi connectivity index (χ4v) is 1.96. The van der Waals surface area contributed by atoms with Crippen LogP contribution in [-0.4, -0.2) is 42.0 Å². The van der Waals surface area contributed by atoms with Crippen molar-refractivity contribution in [2.75, 3.05) is 6.61 Å². The topological polar surface area (TPSA) is 61.8 Å². The second-order valence-electron chi connectivity index (χ2n) is 6.43. The quantitative estimate of drug-likeness (QED) is 0.568. The molecule has 1 aliphatic heterocycles. The summed E-state index contributed by atoms with van der Waals surface area (Å²) in [5, 5.41) is 0. The van der Waals surface area contributed by atoms with Gasteiger partial charge >= 0.3 is 29.8 Å². The molecule has 0 aliphatic carbocycles. The van der Waals surface area contributed by atoms with Crippen molar-refractivity contribution in [3.05, 3.63) is 0 Å². The molecule has 24 heavy (non-hydrogen) atoms. The minimum Gasteiger partial charge on any atom is -0.450 e. The molecule has 1 heterocycles. The van der Waals surface area contributed by atoms with Gasteiger partial charge in [-0.05, 0) is 27.2 Å². The SMILES string of the molecule is CCC(C)(C)C(=O)OC1(C)COC(OC(C)=O)(C(F)(F)F)C1(F)F. The average Bonchev–Trinajstić information content (AvgIpc) is 2.59. The lowest BCUT2D eigenvalue weighted by Crippen LogP contribution is -2.65. The van der Waals surface area contributed by atoms with E-state index in [1.54, 1.807) is 6.92 Å². The van der Waals surface area contributed by atoms with Crippen LogP contribution in [-0.2, 0) is 23.8 Å². The molecule has 2 atom stereocenters. The zero-order chi connectivity index (χ0) is 19.2. The van der Waals surface area contributed by atoms with E-state index in [1.165, 1.54) is 13.8 Å². The first kappa shape index (κ1) is 20.6. The number of carbonyl (C=O) groups excluding carboxylic acids is 2. The summed E-state index contributed by atoms with van der Waals surface area (Å²) >= 11 is 0. The first-order chi connectivity index (χ1) is 10.6. The molecule has 0 radical (unpaired) electrons. The summed E-state index contributed by atoms with van der Waals surface area (Å²) in [5.41, 5.74) is -4.15. The van der Waals surface area contributed by atoms with Crippen molar-refractivity contribution < 1.29 is 45.8 Å². The molecular weight excluding hydrogens is 343 g/mol. The number of ether oxygens (including phenoxy) is 3. The second kappa shape index (κ2) is 5.82. The van der Waals surface area contributed by atoms with Crippen LogP contribution in [0.5, 0.6) is 0 Å². The van der Waals surface area contributed by atoms with Crippen LogP contribution < -0.4 is 0 Å². The molecule has 2 unspecified atom stereocenters. The lowest BCUT2D eigenvalue weighted by atomic mass is 9.89. The van der Waals surface area contributed by atoms with E-state index < -0.39 is 47.4 Å². The van der Waals surface area contributed by atoms with Gasteiger partial charge in [0.2, 0.25) is 5.60 Å². The minimum atomic E-state index is -5.74. The molecule has 0 amide bonds. The van der Waals surface area contributed by atoms with Gasteiger partial charge in [-0.15, -0.1) is 0 Å². The normalized spacial score (nSPS) is 30.1. The maximum absolute atomic E-state index is 14.6. The Labute approximate surface area is 135 Å². The molecule has 140 valence electrons. The Hall–Kier alpha value is -1.45. The minimum absolute atomic E-state index is 0.211. The van der Waals surface area contributed by atoms with Gasteiger partial charge in [0.1, 0.15) is 0 Å². The van der Waals surface area contributed by atoms with E-state index in [2.05, 4.69) is 9.47 Å². The Kier molecular flexibility index (Phi) is 4.99. The third kappa shape index (κ3) is 2.96. The van der Waals surface area contributed by atoms with Crippen molar-refractivity contribution >= 4 is 11.9 Å². The molecule has 0 spiro atoms. The van der Waals surface area contributed by atoms with Crippen molar-refractivity contribution in [1.82, 2.24) is 0 Å². The zero-order valence-electron chi connectivity index (χ0n) is 13.8. The lowest BCUT2D eigenvalue weighted by Gasteiger charge is -2.38. The number of hydrogen-bond acceptors (Lipinski definition) is 5. The fourth-order valence-electron chi connectivity index (χ4n) is 1.96. The third-order valence-electron chi connectivity index (χ3n) is 4.04. The van der Waals surface area contributed by atoms with Crippen LogP contribution in [0.25, 0.3) is 0 Å². The van der Waals surface area contributed by atoms with Crippen molar-refractivity contribution in [3.63, 3.8) is 0 Å². The molecule has 1 saturated heterocycles. The monoisotopic (exact) mass is 362 g/mol. The van der Waals surface area contributed by atoms with Crippen molar-refractivity contribution in [2.24, 2.45) is 5.41 Å². The summed E-state index contributed by atoms with van der Waals surface area (Å²) in [6.07, 6.45) is -5.53. The van der Waals surface area contributed by atoms with Gasteiger partial charge in [-0.3, -0.25) is 9.59 Å². The number of halogens is 5.